The molecule has 0 unspecified atom stereocenters. The summed E-state index contributed by atoms with van der Waals surface area (Å²) in [6, 6.07) is 8.20. The van der Waals surface area contributed by atoms with Crippen molar-refractivity contribution in [1.82, 2.24) is 14.7 Å². The Hall–Kier alpha value is -2.45. The number of aromatic nitrogens is 2. The van der Waals surface area contributed by atoms with Crippen LogP contribution in [0.1, 0.15) is 23.7 Å². The normalized spacial score (nSPS) is 15.2. The molecule has 2 aromatic rings. The summed E-state index contributed by atoms with van der Waals surface area (Å²) in [6.45, 7) is 6.63. The highest BCUT2D eigenvalue weighted by Crippen LogP contribution is 2.29. The van der Waals surface area contributed by atoms with Crippen molar-refractivity contribution in [2.45, 2.75) is 26.4 Å². The molecule has 1 aliphatic rings. The van der Waals surface area contributed by atoms with E-state index in [1.807, 2.05) is 19.1 Å². The van der Waals surface area contributed by atoms with Gasteiger partial charge in [-0.15, -0.1) is 0 Å². The SMILES string of the molecule is CCc1nn(C)c(NCc2ccccc2CN2CCOCC2)c1[N+](=O)[O-]. The van der Waals surface area contributed by atoms with Crippen LogP contribution in [0.25, 0.3) is 0 Å². The first-order valence-electron chi connectivity index (χ1n) is 8.91. The summed E-state index contributed by atoms with van der Waals surface area (Å²) >= 11 is 0. The number of benzene rings is 1. The van der Waals surface area contributed by atoms with Gasteiger partial charge in [0.05, 0.1) is 18.1 Å². The zero-order valence-corrected chi connectivity index (χ0v) is 15.3. The Morgan fingerprint density at radius 3 is 2.62 bits per heavy atom. The molecule has 1 saturated heterocycles. The molecular weight excluding hydrogens is 334 g/mol. The molecular formula is C18H25N5O3. The first-order valence-corrected chi connectivity index (χ1v) is 8.91. The Kier molecular flexibility index (Phi) is 5.85. The molecule has 26 heavy (non-hydrogen) atoms. The van der Waals surface area contributed by atoms with Gasteiger partial charge in [-0.1, -0.05) is 31.2 Å². The van der Waals surface area contributed by atoms with E-state index in [1.165, 1.54) is 5.56 Å². The lowest BCUT2D eigenvalue weighted by Gasteiger charge is -2.27. The molecule has 0 radical (unpaired) electrons. The van der Waals surface area contributed by atoms with Crippen LogP contribution in [0, 0.1) is 10.1 Å². The number of rotatable bonds is 7. The lowest BCUT2D eigenvalue weighted by Crippen LogP contribution is -2.35. The Balaban J connectivity index is 1.76. The zero-order valence-electron chi connectivity index (χ0n) is 15.3. The van der Waals surface area contributed by atoms with Crippen LogP contribution in [0.2, 0.25) is 0 Å². The van der Waals surface area contributed by atoms with Crippen molar-refractivity contribution in [3.05, 3.63) is 51.2 Å². The van der Waals surface area contributed by atoms with Crippen LogP contribution >= 0.6 is 0 Å². The van der Waals surface area contributed by atoms with Crippen LogP contribution in [0.15, 0.2) is 24.3 Å². The Labute approximate surface area is 152 Å². The van der Waals surface area contributed by atoms with E-state index in [2.05, 4.69) is 27.4 Å². The van der Waals surface area contributed by atoms with E-state index in [1.54, 1.807) is 11.7 Å². The fourth-order valence-corrected chi connectivity index (χ4v) is 3.26. The molecule has 0 saturated carbocycles. The van der Waals surface area contributed by atoms with Crippen molar-refractivity contribution in [2.75, 3.05) is 31.6 Å². The summed E-state index contributed by atoms with van der Waals surface area (Å²) in [5.41, 5.74) is 2.93. The van der Waals surface area contributed by atoms with E-state index in [0.717, 1.165) is 38.4 Å². The van der Waals surface area contributed by atoms with Crippen molar-refractivity contribution < 1.29 is 9.66 Å². The predicted octanol–water partition coefficient (Wildman–Crippen LogP) is 2.33. The molecule has 0 atom stereocenters. The van der Waals surface area contributed by atoms with Gasteiger partial charge in [0, 0.05) is 33.2 Å². The molecule has 3 rings (SSSR count). The Morgan fingerprint density at radius 1 is 1.27 bits per heavy atom. The predicted molar refractivity (Wildman–Crippen MR) is 99.1 cm³/mol. The van der Waals surface area contributed by atoms with Gasteiger partial charge in [0.2, 0.25) is 5.82 Å². The number of nitro groups is 1. The van der Waals surface area contributed by atoms with Gasteiger partial charge in [-0.2, -0.15) is 5.10 Å². The van der Waals surface area contributed by atoms with Crippen molar-refractivity contribution in [3.63, 3.8) is 0 Å². The van der Waals surface area contributed by atoms with Gasteiger partial charge in [0.1, 0.15) is 5.69 Å². The second-order valence-corrected chi connectivity index (χ2v) is 6.39. The number of nitrogens with zero attached hydrogens (tertiary/aromatic N) is 4. The molecule has 0 amide bonds. The van der Waals surface area contributed by atoms with Gasteiger partial charge in [-0.3, -0.25) is 15.0 Å². The minimum absolute atomic E-state index is 0.0701. The molecule has 1 aromatic heterocycles. The van der Waals surface area contributed by atoms with Crippen LogP contribution in [-0.4, -0.2) is 45.9 Å². The Bertz CT molecular complexity index is 768. The number of aryl methyl sites for hydroxylation is 2. The third-order valence-corrected chi connectivity index (χ3v) is 4.67. The van der Waals surface area contributed by atoms with E-state index in [9.17, 15) is 10.1 Å². The molecule has 8 nitrogen and oxygen atoms in total. The smallest absolute Gasteiger partial charge is 0.333 e. The molecule has 0 aliphatic carbocycles. The maximum atomic E-state index is 11.4. The van der Waals surface area contributed by atoms with E-state index in [4.69, 9.17) is 4.74 Å². The molecule has 1 fully saturated rings. The number of nitrogens with one attached hydrogen (secondary N) is 1. The van der Waals surface area contributed by atoms with Gasteiger partial charge in [-0.25, -0.2) is 4.68 Å². The maximum Gasteiger partial charge on any atom is 0.333 e. The molecule has 0 bridgehead atoms. The largest absolute Gasteiger partial charge is 0.379 e. The average molecular weight is 359 g/mol. The molecule has 8 heteroatoms. The number of ether oxygens (including phenoxy) is 1. The van der Waals surface area contributed by atoms with Gasteiger partial charge < -0.3 is 10.1 Å². The summed E-state index contributed by atoms with van der Waals surface area (Å²) in [5.74, 6) is 0.452. The highest BCUT2D eigenvalue weighted by Gasteiger charge is 2.25. The number of hydrogen-bond donors (Lipinski definition) is 1. The molecule has 0 spiro atoms. The van der Waals surface area contributed by atoms with E-state index in [-0.39, 0.29) is 10.6 Å². The lowest BCUT2D eigenvalue weighted by atomic mass is 10.1. The van der Waals surface area contributed by atoms with E-state index in [0.29, 0.717) is 24.5 Å². The van der Waals surface area contributed by atoms with Crippen molar-refractivity contribution in [2.24, 2.45) is 7.05 Å². The molecule has 140 valence electrons. The molecule has 1 aliphatic heterocycles. The van der Waals surface area contributed by atoms with Crippen LogP contribution in [0.5, 0.6) is 0 Å². The maximum absolute atomic E-state index is 11.4. The number of hydrogen-bond acceptors (Lipinski definition) is 6. The minimum atomic E-state index is -0.353. The lowest BCUT2D eigenvalue weighted by molar-refractivity contribution is -0.384. The number of anilines is 1. The first kappa shape index (κ1) is 18.3. The molecule has 1 aromatic carbocycles. The van der Waals surface area contributed by atoms with Crippen molar-refractivity contribution >= 4 is 11.5 Å². The van der Waals surface area contributed by atoms with Gasteiger partial charge in [-0.05, 0) is 17.5 Å². The Morgan fingerprint density at radius 2 is 1.96 bits per heavy atom. The summed E-state index contributed by atoms with van der Waals surface area (Å²) in [5, 5.41) is 18.9. The van der Waals surface area contributed by atoms with Gasteiger partial charge in [0.15, 0.2) is 0 Å². The van der Waals surface area contributed by atoms with Crippen molar-refractivity contribution in [3.8, 4) is 0 Å². The molecule has 2 heterocycles. The van der Waals surface area contributed by atoms with Gasteiger partial charge >= 0.3 is 5.69 Å². The van der Waals surface area contributed by atoms with Crippen LogP contribution in [-0.2, 0) is 31.3 Å². The first-order chi connectivity index (χ1) is 12.6. The number of morpholine rings is 1. The monoisotopic (exact) mass is 359 g/mol. The van der Waals surface area contributed by atoms with Crippen molar-refractivity contribution in [1.29, 1.82) is 0 Å². The fraction of sp³-hybridized carbons (Fsp3) is 0.500. The van der Waals surface area contributed by atoms with Gasteiger partial charge in [0.25, 0.3) is 0 Å². The highest BCUT2D eigenvalue weighted by atomic mass is 16.6. The minimum Gasteiger partial charge on any atom is -0.379 e. The summed E-state index contributed by atoms with van der Waals surface area (Å²) in [4.78, 5) is 13.5. The zero-order chi connectivity index (χ0) is 18.5. The summed E-state index contributed by atoms with van der Waals surface area (Å²) in [6.07, 6.45) is 0.527. The van der Waals surface area contributed by atoms with E-state index >= 15 is 0 Å². The second-order valence-electron chi connectivity index (χ2n) is 6.39. The standard InChI is InChI=1S/C18H25N5O3/c1-3-16-17(23(24)25)18(21(2)20-16)19-12-14-6-4-5-7-15(14)13-22-8-10-26-11-9-22/h4-7,19H,3,8-13H2,1-2H3. The average Bonchev–Trinajstić information content (AvgIpc) is 2.97. The van der Waals surface area contributed by atoms with Crippen LogP contribution < -0.4 is 5.32 Å². The quantitative estimate of drug-likeness (QED) is 0.603. The summed E-state index contributed by atoms with van der Waals surface area (Å²) in [7, 11) is 1.73. The second kappa shape index (κ2) is 8.29. The topological polar surface area (TPSA) is 85.5 Å². The molecule has 1 N–H and O–H groups in total. The third kappa shape index (κ3) is 4.03. The van der Waals surface area contributed by atoms with E-state index < -0.39 is 0 Å². The third-order valence-electron chi connectivity index (χ3n) is 4.67. The van der Waals surface area contributed by atoms with Crippen LogP contribution in [0.3, 0.4) is 0 Å². The fourth-order valence-electron chi connectivity index (χ4n) is 3.26. The summed E-state index contributed by atoms with van der Waals surface area (Å²) < 4.78 is 6.96. The van der Waals surface area contributed by atoms with Crippen LogP contribution in [0.4, 0.5) is 11.5 Å². The highest BCUT2D eigenvalue weighted by molar-refractivity contribution is 5.60.